The van der Waals surface area contributed by atoms with Crippen LogP contribution in [0.3, 0.4) is 0 Å². The average Bonchev–Trinajstić information content (AvgIpc) is 2.66. The molecule has 5 heteroatoms. The summed E-state index contributed by atoms with van der Waals surface area (Å²) in [6, 6.07) is 14.8. The topological polar surface area (TPSA) is 67.4 Å². The fraction of sp³-hybridized carbons (Fsp3) is 0.417. The quantitative estimate of drug-likeness (QED) is 0.600. The van der Waals surface area contributed by atoms with Gasteiger partial charge in [-0.25, -0.2) is 0 Å². The van der Waals surface area contributed by atoms with Gasteiger partial charge >= 0.3 is 0 Å². The molecule has 2 amide bonds. The van der Waals surface area contributed by atoms with Crippen molar-refractivity contribution in [2.45, 2.75) is 46.5 Å². The highest BCUT2D eigenvalue weighted by Gasteiger charge is 2.15. The lowest BCUT2D eigenvalue weighted by atomic mass is 9.87. The van der Waals surface area contributed by atoms with Crippen LogP contribution in [0.5, 0.6) is 0 Å². The Kier molecular flexibility index (Phi) is 7.97. The number of amides is 2. The van der Waals surface area contributed by atoms with Crippen LogP contribution in [-0.2, 0) is 14.9 Å². The van der Waals surface area contributed by atoms with Gasteiger partial charge in [-0.1, -0.05) is 58.9 Å². The summed E-state index contributed by atoms with van der Waals surface area (Å²) in [5.74, 6) is 0.0730. The molecule has 0 aromatic heterocycles. The molecule has 2 aromatic carbocycles. The van der Waals surface area contributed by atoms with E-state index >= 15 is 0 Å². The molecule has 0 unspecified atom stereocenters. The van der Waals surface area contributed by atoms with Crippen LogP contribution in [0.2, 0.25) is 0 Å². The van der Waals surface area contributed by atoms with Crippen molar-refractivity contribution < 1.29 is 14.3 Å². The van der Waals surface area contributed by atoms with E-state index in [1.165, 1.54) is 5.56 Å². The zero-order chi connectivity index (χ0) is 21.4. The normalized spacial score (nSPS) is 11.4. The molecule has 0 radical (unpaired) electrons. The van der Waals surface area contributed by atoms with E-state index < -0.39 is 0 Å². The number of benzene rings is 2. The second-order valence-electron chi connectivity index (χ2n) is 8.59. The molecule has 0 bridgehead atoms. The number of hydrogen-bond donors (Lipinski definition) is 2. The second kappa shape index (κ2) is 10.2. The van der Waals surface area contributed by atoms with Gasteiger partial charge in [-0.15, -0.1) is 0 Å². The van der Waals surface area contributed by atoms with E-state index in [9.17, 15) is 9.59 Å². The molecule has 0 saturated carbocycles. The maximum atomic E-state index is 12.6. The number of carbonyl (C=O) groups excluding carboxylic acids is 2. The van der Waals surface area contributed by atoms with Gasteiger partial charge in [-0.3, -0.25) is 9.59 Å². The van der Waals surface area contributed by atoms with Crippen LogP contribution >= 0.6 is 0 Å². The molecule has 29 heavy (non-hydrogen) atoms. The maximum absolute atomic E-state index is 12.6. The zero-order valence-corrected chi connectivity index (χ0v) is 18.0. The van der Waals surface area contributed by atoms with Gasteiger partial charge in [0.05, 0.1) is 24.4 Å². The van der Waals surface area contributed by atoms with Crippen molar-refractivity contribution >= 4 is 23.2 Å². The number of nitrogens with one attached hydrogen (secondary N) is 2. The van der Waals surface area contributed by atoms with E-state index in [2.05, 4.69) is 45.3 Å². The van der Waals surface area contributed by atoms with Gasteiger partial charge in [-0.2, -0.15) is 0 Å². The van der Waals surface area contributed by atoms with Crippen LogP contribution in [0.25, 0.3) is 0 Å². The van der Waals surface area contributed by atoms with Crippen molar-refractivity contribution in [2.24, 2.45) is 5.92 Å². The van der Waals surface area contributed by atoms with Gasteiger partial charge in [0.15, 0.2) is 0 Å². The summed E-state index contributed by atoms with van der Waals surface area (Å²) >= 11 is 0. The summed E-state index contributed by atoms with van der Waals surface area (Å²) in [5, 5.41) is 5.74. The molecule has 2 N–H and O–H groups in total. The van der Waals surface area contributed by atoms with Crippen molar-refractivity contribution in [3.63, 3.8) is 0 Å². The second-order valence-corrected chi connectivity index (χ2v) is 8.59. The molecular weight excluding hydrogens is 364 g/mol. The van der Waals surface area contributed by atoms with E-state index in [1.807, 2.05) is 36.4 Å². The Morgan fingerprint density at radius 3 is 2.07 bits per heavy atom. The summed E-state index contributed by atoms with van der Waals surface area (Å²) in [6.45, 7) is 11.5. The predicted molar refractivity (Wildman–Crippen MR) is 118 cm³/mol. The highest BCUT2D eigenvalue weighted by Crippen LogP contribution is 2.24. The monoisotopic (exact) mass is 396 g/mol. The molecule has 0 saturated heterocycles. The van der Waals surface area contributed by atoms with Crippen molar-refractivity contribution in [1.29, 1.82) is 0 Å². The fourth-order valence-corrected chi connectivity index (χ4v) is 2.71. The molecule has 0 fully saturated rings. The summed E-state index contributed by atoms with van der Waals surface area (Å²) in [4.78, 5) is 24.8. The zero-order valence-electron chi connectivity index (χ0n) is 18.0. The van der Waals surface area contributed by atoms with Crippen LogP contribution in [0, 0.1) is 5.92 Å². The lowest BCUT2D eigenvalue weighted by Gasteiger charge is -2.19. The van der Waals surface area contributed by atoms with Gasteiger partial charge in [0, 0.05) is 12.2 Å². The van der Waals surface area contributed by atoms with Crippen LogP contribution in [0.1, 0.15) is 57.0 Å². The van der Waals surface area contributed by atoms with Crippen LogP contribution < -0.4 is 10.6 Å². The lowest BCUT2D eigenvalue weighted by Crippen LogP contribution is -2.18. The third-order valence-corrected chi connectivity index (χ3v) is 4.39. The molecule has 2 rings (SSSR count). The van der Waals surface area contributed by atoms with Gasteiger partial charge in [-0.05, 0) is 41.2 Å². The molecule has 0 aliphatic carbocycles. The summed E-state index contributed by atoms with van der Waals surface area (Å²) in [7, 11) is 0. The third-order valence-electron chi connectivity index (χ3n) is 4.39. The third kappa shape index (κ3) is 7.35. The van der Waals surface area contributed by atoms with Gasteiger partial charge in [0.2, 0.25) is 5.91 Å². The molecule has 0 aliphatic rings. The number of hydrogen-bond acceptors (Lipinski definition) is 3. The Balaban J connectivity index is 1.99. The average molecular weight is 397 g/mol. The minimum Gasteiger partial charge on any atom is -0.381 e. The smallest absolute Gasteiger partial charge is 0.255 e. The van der Waals surface area contributed by atoms with Gasteiger partial charge < -0.3 is 15.4 Å². The molecular formula is C24H32N2O3. The van der Waals surface area contributed by atoms with E-state index in [4.69, 9.17) is 4.74 Å². The minimum atomic E-state index is -0.215. The largest absolute Gasteiger partial charge is 0.381 e. The summed E-state index contributed by atoms with van der Waals surface area (Å²) in [6.07, 6.45) is 0.267. The fourth-order valence-electron chi connectivity index (χ4n) is 2.71. The van der Waals surface area contributed by atoms with E-state index in [0.717, 1.165) is 0 Å². The molecule has 156 valence electrons. The van der Waals surface area contributed by atoms with Crippen LogP contribution in [-0.4, -0.2) is 25.0 Å². The SMILES string of the molecule is CC(C)COCCC(=O)Nc1ccccc1NC(=O)c1ccc(C(C)(C)C)cc1. The van der Waals surface area contributed by atoms with Crippen molar-refractivity contribution in [2.75, 3.05) is 23.8 Å². The first-order valence-electron chi connectivity index (χ1n) is 10.1. The first kappa shape index (κ1) is 22.6. The molecule has 2 aromatic rings. The molecule has 0 heterocycles. The van der Waals surface area contributed by atoms with E-state index in [-0.39, 0.29) is 23.7 Å². The number of carbonyl (C=O) groups is 2. The van der Waals surface area contributed by atoms with Crippen LogP contribution in [0.15, 0.2) is 48.5 Å². The number of rotatable bonds is 8. The number of para-hydroxylation sites is 2. The highest BCUT2D eigenvalue weighted by atomic mass is 16.5. The van der Waals surface area contributed by atoms with Gasteiger partial charge in [0.1, 0.15) is 0 Å². The maximum Gasteiger partial charge on any atom is 0.255 e. The van der Waals surface area contributed by atoms with E-state index in [1.54, 1.807) is 12.1 Å². The summed E-state index contributed by atoms with van der Waals surface area (Å²) < 4.78 is 5.46. The predicted octanol–water partition coefficient (Wildman–Crippen LogP) is 5.24. The number of ether oxygens (including phenoxy) is 1. The Bertz CT molecular complexity index is 821. The summed E-state index contributed by atoms with van der Waals surface area (Å²) in [5.41, 5.74) is 2.91. The Labute approximate surface area is 173 Å². The Morgan fingerprint density at radius 2 is 1.52 bits per heavy atom. The molecule has 0 spiro atoms. The Morgan fingerprint density at radius 1 is 0.931 bits per heavy atom. The Hall–Kier alpha value is -2.66. The first-order valence-corrected chi connectivity index (χ1v) is 10.1. The van der Waals surface area contributed by atoms with Crippen molar-refractivity contribution in [3.05, 3.63) is 59.7 Å². The van der Waals surface area contributed by atoms with Crippen molar-refractivity contribution in [1.82, 2.24) is 0 Å². The van der Waals surface area contributed by atoms with Crippen molar-refractivity contribution in [3.8, 4) is 0 Å². The standard InChI is InChI=1S/C24H32N2O3/c1-17(2)16-29-15-14-22(27)25-20-8-6-7-9-21(20)26-23(28)18-10-12-19(13-11-18)24(3,4)5/h6-13,17H,14-16H2,1-5H3,(H,25,27)(H,26,28). The van der Waals surface area contributed by atoms with Gasteiger partial charge in [0.25, 0.3) is 5.91 Å². The minimum absolute atomic E-state index is 0.0325. The molecule has 0 aliphatic heterocycles. The molecule has 5 nitrogen and oxygen atoms in total. The number of anilines is 2. The van der Waals surface area contributed by atoms with Crippen LogP contribution in [0.4, 0.5) is 11.4 Å². The molecule has 0 atom stereocenters. The first-order chi connectivity index (χ1) is 13.7. The van der Waals surface area contributed by atoms with E-state index in [0.29, 0.717) is 36.1 Å². The highest BCUT2D eigenvalue weighted by molar-refractivity contribution is 6.07. The lowest BCUT2D eigenvalue weighted by molar-refractivity contribution is -0.117.